The SMILES string of the molecule is C=CC(=O)CC(C)Cc1cccc(OC)c1. The van der Waals surface area contributed by atoms with Crippen molar-refractivity contribution in [2.45, 2.75) is 19.8 Å². The highest BCUT2D eigenvalue weighted by atomic mass is 16.5. The number of methoxy groups -OCH3 is 1. The summed E-state index contributed by atoms with van der Waals surface area (Å²) in [7, 11) is 1.66. The summed E-state index contributed by atoms with van der Waals surface area (Å²) in [6, 6.07) is 7.95. The van der Waals surface area contributed by atoms with Crippen LogP contribution in [0.5, 0.6) is 5.75 Å². The van der Waals surface area contributed by atoms with Crippen LogP contribution in [0.25, 0.3) is 0 Å². The predicted molar refractivity (Wildman–Crippen MR) is 65.7 cm³/mol. The summed E-state index contributed by atoms with van der Waals surface area (Å²) in [5.74, 6) is 1.30. The zero-order valence-corrected chi connectivity index (χ0v) is 9.90. The van der Waals surface area contributed by atoms with Crippen molar-refractivity contribution < 1.29 is 9.53 Å². The number of carbonyl (C=O) groups is 1. The summed E-state index contributed by atoms with van der Waals surface area (Å²) in [5, 5.41) is 0. The van der Waals surface area contributed by atoms with Crippen LogP contribution in [0.3, 0.4) is 0 Å². The third-order valence-electron chi connectivity index (χ3n) is 2.50. The molecule has 2 nitrogen and oxygen atoms in total. The zero-order chi connectivity index (χ0) is 12.0. The first-order valence-corrected chi connectivity index (χ1v) is 5.44. The Bertz CT molecular complexity index is 369. The van der Waals surface area contributed by atoms with E-state index in [4.69, 9.17) is 4.74 Å². The van der Waals surface area contributed by atoms with E-state index in [1.54, 1.807) is 7.11 Å². The second kappa shape index (κ2) is 6.11. The lowest BCUT2D eigenvalue weighted by Crippen LogP contribution is -2.05. The molecule has 2 heteroatoms. The zero-order valence-electron chi connectivity index (χ0n) is 9.90. The Kier molecular flexibility index (Phi) is 4.77. The molecule has 0 N–H and O–H groups in total. The number of ether oxygens (including phenoxy) is 1. The van der Waals surface area contributed by atoms with Gasteiger partial charge in [0, 0.05) is 6.42 Å². The molecule has 16 heavy (non-hydrogen) atoms. The van der Waals surface area contributed by atoms with Crippen LogP contribution in [0.15, 0.2) is 36.9 Å². The van der Waals surface area contributed by atoms with Crippen molar-refractivity contribution in [3.8, 4) is 5.75 Å². The van der Waals surface area contributed by atoms with Crippen LogP contribution in [0.1, 0.15) is 18.9 Å². The van der Waals surface area contributed by atoms with Crippen molar-refractivity contribution in [3.63, 3.8) is 0 Å². The molecule has 1 unspecified atom stereocenters. The fraction of sp³-hybridized carbons (Fsp3) is 0.357. The first-order chi connectivity index (χ1) is 7.65. The van der Waals surface area contributed by atoms with Gasteiger partial charge in [0.2, 0.25) is 0 Å². The van der Waals surface area contributed by atoms with Gasteiger partial charge in [0.25, 0.3) is 0 Å². The van der Waals surface area contributed by atoms with Crippen molar-refractivity contribution in [3.05, 3.63) is 42.5 Å². The lowest BCUT2D eigenvalue weighted by Gasteiger charge is -2.10. The molecule has 1 aromatic carbocycles. The van der Waals surface area contributed by atoms with E-state index in [1.807, 2.05) is 18.2 Å². The first kappa shape index (κ1) is 12.5. The van der Waals surface area contributed by atoms with Gasteiger partial charge in [-0.25, -0.2) is 0 Å². The molecule has 0 bridgehead atoms. The smallest absolute Gasteiger partial charge is 0.155 e. The van der Waals surface area contributed by atoms with E-state index in [9.17, 15) is 4.79 Å². The highest BCUT2D eigenvalue weighted by molar-refractivity contribution is 5.89. The second-order valence-corrected chi connectivity index (χ2v) is 4.04. The first-order valence-electron chi connectivity index (χ1n) is 5.44. The Labute approximate surface area is 96.9 Å². The van der Waals surface area contributed by atoms with E-state index < -0.39 is 0 Å². The number of ketones is 1. The van der Waals surface area contributed by atoms with Crippen LogP contribution in [0, 0.1) is 5.92 Å². The number of allylic oxidation sites excluding steroid dienone is 1. The van der Waals surface area contributed by atoms with Gasteiger partial charge in [-0.3, -0.25) is 4.79 Å². The van der Waals surface area contributed by atoms with Crippen LogP contribution in [-0.2, 0) is 11.2 Å². The molecule has 0 amide bonds. The summed E-state index contributed by atoms with van der Waals surface area (Å²) >= 11 is 0. The molecular formula is C14H18O2. The number of rotatable bonds is 6. The molecule has 0 spiro atoms. The Morgan fingerprint density at radius 2 is 2.31 bits per heavy atom. The molecule has 0 heterocycles. The maximum atomic E-state index is 11.2. The summed E-state index contributed by atoms with van der Waals surface area (Å²) < 4.78 is 5.16. The highest BCUT2D eigenvalue weighted by Crippen LogP contribution is 2.17. The lowest BCUT2D eigenvalue weighted by atomic mass is 9.96. The second-order valence-electron chi connectivity index (χ2n) is 4.04. The highest BCUT2D eigenvalue weighted by Gasteiger charge is 2.07. The Hall–Kier alpha value is -1.57. The fourth-order valence-electron chi connectivity index (χ4n) is 1.70. The molecule has 1 aromatic rings. The van der Waals surface area contributed by atoms with Crippen LogP contribution in [-0.4, -0.2) is 12.9 Å². The monoisotopic (exact) mass is 218 g/mol. The van der Waals surface area contributed by atoms with E-state index in [-0.39, 0.29) is 5.78 Å². The maximum Gasteiger partial charge on any atom is 0.155 e. The molecule has 0 fully saturated rings. The molecule has 0 saturated carbocycles. The third-order valence-corrected chi connectivity index (χ3v) is 2.50. The fourth-order valence-corrected chi connectivity index (χ4v) is 1.70. The molecule has 0 aromatic heterocycles. The van der Waals surface area contributed by atoms with Crippen LogP contribution >= 0.6 is 0 Å². The molecule has 0 aliphatic rings. The van der Waals surface area contributed by atoms with Crippen molar-refractivity contribution in [2.75, 3.05) is 7.11 Å². The Balaban J connectivity index is 2.58. The minimum atomic E-state index is 0.107. The van der Waals surface area contributed by atoms with E-state index in [0.29, 0.717) is 12.3 Å². The molecule has 1 atom stereocenters. The molecule has 86 valence electrons. The van der Waals surface area contributed by atoms with Crippen molar-refractivity contribution in [1.82, 2.24) is 0 Å². The topological polar surface area (TPSA) is 26.3 Å². The number of benzene rings is 1. The summed E-state index contributed by atoms with van der Waals surface area (Å²) in [5.41, 5.74) is 1.20. The maximum absolute atomic E-state index is 11.2. The molecule has 0 aliphatic carbocycles. The molecule has 0 radical (unpaired) electrons. The van der Waals surface area contributed by atoms with Crippen LogP contribution < -0.4 is 4.74 Å². The summed E-state index contributed by atoms with van der Waals surface area (Å²) in [4.78, 5) is 11.2. The average Bonchev–Trinajstić information content (AvgIpc) is 2.28. The number of carbonyl (C=O) groups excluding carboxylic acids is 1. The van der Waals surface area contributed by atoms with Gasteiger partial charge in [0.15, 0.2) is 5.78 Å². The molecule has 0 saturated heterocycles. The molecule has 1 rings (SSSR count). The lowest BCUT2D eigenvalue weighted by molar-refractivity contribution is -0.115. The summed E-state index contributed by atoms with van der Waals surface area (Å²) in [6.45, 7) is 5.55. The van der Waals surface area contributed by atoms with Crippen molar-refractivity contribution in [1.29, 1.82) is 0 Å². The van der Waals surface area contributed by atoms with Gasteiger partial charge in [-0.05, 0) is 36.1 Å². The number of hydrogen-bond donors (Lipinski definition) is 0. The standard InChI is InChI=1S/C14H18O2/c1-4-13(15)9-11(2)8-12-6-5-7-14(10-12)16-3/h4-7,10-11H,1,8-9H2,2-3H3. The van der Waals surface area contributed by atoms with E-state index >= 15 is 0 Å². The average molecular weight is 218 g/mol. The largest absolute Gasteiger partial charge is 0.497 e. The van der Waals surface area contributed by atoms with E-state index in [1.165, 1.54) is 11.6 Å². The van der Waals surface area contributed by atoms with Crippen LogP contribution in [0.4, 0.5) is 0 Å². The van der Waals surface area contributed by atoms with Crippen LogP contribution in [0.2, 0.25) is 0 Å². The Morgan fingerprint density at radius 3 is 2.94 bits per heavy atom. The quantitative estimate of drug-likeness (QED) is 0.686. The molecular weight excluding hydrogens is 200 g/mol. The Morgan fingerprint density at radius 1 is 1.56 bits per heavy atom. The minimum absolute atomic E-state index is 0.107. The van der Waals surface area contributed by atoms with Gasteiger partial charge in [0.05, 0.1) is 7.11 Å². The normalized spacial score (nSPS) is 11.9. The van der Waals surface area contributed by atoms with Gasteiger partial charge < -0.3 is 4.74 Å². The predicted octanol–water partition coefficient (Wildman–Crippen LogP) is 3.02. The van der Waals surface area contributed by atoms with Gasteiger partial charge in [-0.1, -0.05) is 25.6 Å². The molecule has 0 aliphatic heterocycles. The van der Waals surface area contributed by atoms with Gasteiger partial charge in [-0.2, -0.15) is 0 Å². The summed E-state index contributed by atoms with van der Waals surface area (Å²) in [6.07, 6.45) is 2.83. The van der Waals surface area contributed by atoms with Gasteiger partial charge >= 0.3 is 0 Å². The minimum Gasteiger partial charge on any atom is -0.497 e. The van der Waals surface area contributed by atoms with Crippen molar-refractivity contribution in [2.24, 2.45) is 5.92 Å². The number of hydrogen-bond acceptors (Lipinski definition) is 2. The van der Waals surface area contributed by atoms with E-state index in [0.717, 1.165) is 12.2 Å². The van der Waals surface area contributed by atoms with Gasteiger partial charge in [0.1, 0.15) is 5.75 Å². The van der Waals surface area contributed by atoms with Gasteiger partial charge in [-0.15, -0.1) is 0 Å². The van der Waals surface area contributed by atoms with E-state index in [2.05, 4.69) is 19.6 Å². The van der Waals surface area contributed by atoms with Crippen molar-refractivity contribution >= 4 is 5.78 Å². The third kappa shape index (κ3) is 3.89.